The average molecular weight is 284 g/mol. The number of pyridine rings is 1. The van der Waals surface area contributed by atoms with Gasteiger partial charge in [-0.3, -0.25) is 15.1 Å². The molecule has 0 spiro atoms. The Hall–Kier alpha value is -2.64. The summed E-state index contributed by atoms with van der Waals surface area (Å²) >= 11 is 0. The van der Waals surface area contributed by atoms with Gasteiger partial charge in [0.15, 0.2) is 0 Å². The zero-order chi connectivity index (χ0) is 14.8. The second-order valence-electron chi connectivity index (χ2n) is 3.73. The molecule has 0 fully saturated rings. The van der Waals surface area contributed by atoms with Crippen LogP contribution < -0.4 is 4.74 Å². The topological polar surface area (TPSA) is 65.3 Å². The monoisotopic (exact) mass is 284 g/mol. The SMILES string of the molecule is O=[N+]([O-])c1cc(OC(F)(F)F)ccc1-c1cccnc1. The number of rotatable bonds is 3. The van der Waals surface area contributed by atoms with Crippen LogP contribution in [0.25, 0.3) is 11.1 Å². The van der Waals surface area contributed by atoms with Gasteiger partial charge in [0.1, 0.15) is 5.75 Å². The number of aromatic nitrogens is 1. The lowest BCUT2D eigenvalue weighted by Crippen LogP contribution is -2.17. The maximum atomic E-state index is 12.1. The van der Waals surface area contributed by atoms with E-state index in [0.29, 0.717) is 5.56 Å². The predicted octanol–water partition coefficient (Wildman–Crippen LogP) is 3.56. The van der Waals surface area contributed by atoms with Crippen LogP contribution in [0.1, 0.15) is 0 Å². The molecule has 0 radical (unpaired) electrons. The molecule has 0 aliphatic carbocycles. The lowest BCUT2D eigenvalue weighted by Gasteiger charge is -2.10. The standard InChI is InChI=1S/C12H7F3N2O3/c13-12(14,15)20-9-3-4-10(11(6-9)17(18)19)8-2-1-5-16-7-8/h1-7H. The summed E-state index contributed by atoms with van der Waals surface area (Å²) in [6, 6.07) is 6.08. The summed E-state index contributed by atoms with van der Waals surface area (Å²) in [7, 11) is 0. The minimum Gasteiger partial charge on any atom is -0.406 e. The first-order valence-electron chi connectivity index (χ1n) is 5.31. The van der Waals surface area contributed by atoms with Gasteiger partial charge in [-0.25, -0.2) is 0 Å². The minimum atomic E-state index is -4.90. The molecule has 104 valence electrons. The molecule has 0 atom stereocenters. The maximum absolute atomic E-state index is 12.1. The predicted molar refractivity (Wildman–Crippen MR) is 63.0 cm³/mol. The van der Waals surface area contributed by atoms with E-state index in [1.165, 1.54) is 18.5 Å². The Morgan fingerprint density at radius 1 is 1.25 bits per heavy atom. The van der Waals surface area contributed by atoms with Gasteiger partial charge < -0.3 is 4.74 Å². The van der Waals surface area contributed by atoms with Crippen LogP contribution in [-0.2, 0) is 0 Å². The fourth-order valence-electron chi connectivity index (χ4n) is 1.63. The van der Waals surface area contributed by atoms with Crippen LogP contribution >= 0.6 is 0 Å². The first-order chi connectivity index (χ1) is 9.37. The lowest BCUT2D eigenvalue weighted by atomic mass is 10.1. The van der Waals surface area contributed by atoms with Crippen molar-refractivity contribution >= 4 is 5.69 Å². The minimum absolute atomic E-state index is 0.164. The summed E-state index contributed by atoms with van der Waals surface area (Å²) in [5.74, 6) is -0.642. The molecule has 0 aliphatic rings. The van der Waals surface area contributed by atoms with Crippen LogP contribution in [0, 0.1) is 10.1 Å². The van der Waals surface area contributed by atoms with Gasteiger partial charge in [-0.15, -0.1) is 13.2 Å². The van der Waals surface area contributed by atoms with Gasteiger partial charge in [0, 0.05) is 18.0 Å². The summed E-state index contributed by atoms with van der Waals surface area (Å²) < 4.78 is 40.0. The summed E-state index contributed by atoms with van der Waals surface area (Å²) in [5, 5.41) is 11.0. The molecule has 20 heavy (non-hydrogen) atoms. The van der Waals surface area contributed by atoms with Gasteiger partial charge >= 0.3 is 6.36 Å². The smallest absolute Gasteiger partial charge is 0.406 e. The van der Waals surface area contributed by atoms with Gasteiger partial charge in [-0.1, -0.05) is 6.07 Å². The van der Waals surface area contributed by atoms with Gasteiger partial charge in [0.05, 0.1) is 16.6 Å². The van der Waals surface area contributed by atoms with Gasteiger partial charge in [-0.2, -0.15) is 0 Å². The van der Waals surface area contributed by atoms with Crippen LogP contribution in [0.15, 0.2) is 42.7 Å². The van der Waals surface area contributed by atoms with E-state index in [1.54, 1.807) is 12.1 Å². The van der Waals surface area contributed by atoms with Gasteiger partial charge in [0.2, 0.25) is 0 Å². The zero-order valence-electron chi connectivity index (χ0n) is 9.79. The average Bonchev–Trinajstić information content (AvgIpc) is 2.37. The van der Waals surface area contributed by atoms with E-state index in [-0.39, 0.29) is 5.56 Å². The van der Waals surface area contributed by atoms with Crippen molar-refractivity contribution in [3.8, 4) is 16.9 Å². The van der Waals surface area contributed by atoms with E-state index >= 15 is 0 Å². The van der Waals surface area contributed by atoms with Crippen molar-refractivity contribution in [1.82, 2.24) is 4.98 Å². The highest BCUT2D eigenvalue weighted by Gasteiger charge is 2.32. The van der Waals surface area contributed by atoms with Crippen LogP contribution in [-0.4, -0.2) is 16.3 Å². The zero-order valence-corrected chi connectivity index (χ0v) is 9.79. The largest absolute Gasteiger partial charge is 0.573 e. The van der Waals surface area contributed by atoms with Crippen LogP contribution in [0.4, 0.5) is 18.9 Å². The molecule has 0 saturated heterocycles. The van der Waals surface area contributed by atoms with Crippen molar-refractivity contribution in [3.05, 3.63) is 52.8 Å². The van der Waals surface area contributed by atoms with Crippen LogP contribution in [0.2, 0.25) is 0 Å². The Bertz CT molecular complexity index is 630. The second-order valence-corrected chi connectivity index (χ2v) is 3.73. The lowest BCUT2D eigenvalue weighted by molar-refractivity contribution is -0.384. The van der Waals surface area contributed by atoms with Crippen molar-refractivity contribution in [2.75, 3.05) is 0 Å². The molecule has 0 N–H and O–H groups in total. The number of benzene rings is 1. The third kappa shape index (κ3) is 3.22. The van der Waals surface area contributed by atoms with Crippen LogP contribution in [0.3, 0.4) is 0 Å². The van der Waals surface area contributed by atoms with Crippen molar-refractivity contribution in [2.45, 2.75) is 6.36 Å². The molecule has 0 unspecified atom stereocenters. The summed E-state index contributed by atoms with van der Waals surface area (Å²) in [6.07, 6.45) is -2.03. The molecule has 0 saturated carbocycles. The molecule has 0 amide bonds. The molecule has 2 aromatic rings. The van der Waals surface area contributed by atoms with Crippen molar-refractivity contribution in [3.63, 3.8) is 0 Å². The normalized spacial score (nSPS) is 11.2. The van der Waals surface area contributed by atoms with E-state index in [4.69, 9.17) is 0 Å². The molecule has 1 aromatic heterocycles. The quantitative estimate of drug-likeness (QED) is 0.638. The van der Waals surface area contributed by atoms with E-state index in [1.807, 2.05) is 0 Å². The fourth-order valence-corrected chi connectivity index (χ4v) is 1.63. The molecule has 0 aliphatic heterocycles. The number of nitrogens with zero attached hydrogens (tertiary/aromatic N) is 2. The highest BCUT2D eigenvalue weighted by atomic mass is 19.4. The summed E-state index contributed by atoms with van der Waals surface area (Å²) in [4.78, 5) is 14.0. The molecular weight excluding hydrogens is 277 g/mol. The number of nitro groups is 1. The van der Waals surface area contributed by atoms with Gasteiger partial charge in [-0.05, 0) is 18.2 Å². The Balaban J connectivity index is 2.47. The van der Waals surface area contributed by atoms with Crippen molar-refractivity contribution in [1.29, 1.82) is 0 Å². The van der Waals surface area contributed by atoms with Crippen molar-refractivity contribution < 1.29 is 22.8 Å². The summed E-state index contributed by atoms with van der Waals surface area (Å²) in [6.45, 7) is 0. The first-order valence-corrected chi connectivity index (χ1v) is 5.31. The molecular formula is C12H7F3N2O3. The van der Waals surface area contributed by atoms with E-state index in [9.17, 15) is 23.3 Å². The van der Waals surface area contributed by atoms with E-state index < -0.39 is 22.7 Å². The Labute approximate surface area is 110 Å². The van der Waals surface area contributed by atoms with Crippen molar-refractivity contribution in [2.24, 2.45) is 0 Å². The number of ether oxygens (including phenoxy) is 1. The Morgan fingerprint density at radius 2 is 2.00 bits per heavy atom. The molecule has 0 bridgehead atoms. The number of nitro benzene ring substituents is 1. The number of hydrogen-bond donors (Lipinski definition) is 0. The number of hydrogen-bond acceptors (Lipinski definition) is 4. The number of halogens is 3. The molecule has 1 heterocycles. The third-order valence-corrected chi connectivity index (χ3v) is 2.37. The Kier molecular flexibility index (Phi) is 3.55. The fraction of sp³-hybridized carbons (Fsp3) is 0.0833. The van der Waals surface area contributed by atoms with Crippen LogP contribution in [0.5, 0.6) is 5.75 Å². The van der Waals surface area contributed by atoms with E-state index in [0.717, 1.165) is 12.1 Å². The second kappa shape index (κ2) is 5.16. The highest BCUT2D eigenvalue weighted by molar-refractivity contribution is 5.73. The molecule has 2 rings (SSSR count). The molecule has 8 heteroatoms. The van der Waals surface area contributed by atoms with E-state index in [2.05, 4.69) is 9.72 Å². The van der Waals surface area contributed by atoms with Gasteiger partial charge in [0.25, 0.3) is 5.69 Å². The maximum Gasteiger partial charge on any atom is 0.573 e. The molecule has 1 aromatic carbocycles. The summed E-state index contributed by atoms with van der Waals surface area (Å²) in [5.41, 5.74) is 0.107. The molecule has 5 nitrogen and oxygen atoms in total. The third-order valence-electron chi connectivity index (χ3n) is 2.37. The Morgan fingerprint density at radius 3 is 2.55 bits per heavy atom. The number of alkyl halides is 3. The highest BCUT2D eigenvalue weighted by Crippen LogP contribution is 2.34. The first kappa shape index (κ1) is 13.8.